The van der Waals surface area contributed by atoms with Crippen molar-refractivity contribution in [3.8, 4) is 11.4 Å². The molecule has 1 saturated heterocycles. The minimum atomic E-state index is -0.472. The number of pyridine rings is 1. The quantitative estimate of drug-likeness (QED) is 0.366. The van der Waals surface area contributed by atoms with Crippen molar-refractivity contribution in [2.45, 2.75) is 19.4 Å². The van der Waals surface area contributed by atoms with Crippen molar-refractivity contribution in [1.82, 2.24) is 24.8 Å². The summed E-state index contributed by atoms with van der Waals surface area (Å²) >= 11 is 0. The number of primary amides is 1. The molecule has 0 bridgehead atoms. The molecular formula is C29H35N7O. The number of para-hydroxylation sites is 1. The standard InChI is InChI=1S/C29H35N7O/c1-34(14-6-15-35-16-7-17-36(19-18-35)21-22-8-3-2-4-9-22)26-13-12-23(20-31-26)29-32-25-11-5-10-24(28(30)37)27(25)33-29/h2-5,8-13,20H,6-7,14-19,21H2,1H3,(H2,30,37)(H,32,33). The number of carbonyl (C=O) groups is 1. The van der Waals surface area contributed by atoms with Gasteiger partial charge in [-0.3, -0.25) is 9.69 Å². The number of hydrogen-bond acceptors (Lipinski definition) is 6. The minimum absolute atomic E-state index is 0.439. The van der Waals surface area contributed by atoms with E-state index in [0.29, 0.717) is 22.4 Å². The first-order chi connectivity index (χ1) is 18.1. The van der Waals surface area contributed by atoms with Crippen LogP contribution in [0.3, 0.4) is 0 Å². The zero-order valence-corrected chi connectivity index (χ0v) is 21.4. The van der Waals surface area contributed by atoms with E-state index in [2.05, 4.69) is 67.0 Å². The van der Waals surface area contributed by atoms with Gasteiger partial charge in [0.05, 0.1) is 16.6 Å². The first-order valence-electron chi connectivity index (χ1n) is 13.0. The number of amides is 1. The number of nitrogens with two attached hydrogens (primary N) is 1. The predicted octanol–water partition coefficient (Wildman–Crippen LogP) is 3.76. The fraction of sp³-hybridized carbons (Fsp3) is 0.345. The van der Waals surface area contributed by atoms with Crippen LogP contribution in [0.4, 0.5) is 5.82 Å². The van der Waals surface area contributed by atoms with Crippen molar-refractivity contribution < 1.29 is 4.79 Å². The van der Waals surface area contributed by atoms with Crippen LogP contribution < -0.4 is 10.6 Å². The third kappa shape index (κ3) is 6.15. The molecule has 5 rings (SSSR count). The number of aromatic nitrogens is 3. The Hall–Kier alpha value is -3.75. The van der Waals surface area contributed by atoms with Gasteiger partial charge < -0.3 is 20.5 Å². The lowest BCUT2D eigenvalue weighted by molar-refractivity contribution is 0.100. The fourth-order valence-electron chi connectivity index (χ4n) is 5.02. The third-order valence-corrected chi connectivity index (χ3v) is 7.09. The zero-order valence-electron chi connectivity index (χ0n) is 21.4. The summed E-state index contributed by atoms with van der Waals surface area (Å²) in [6.07, 6.45) is 4.14. The summed E-state index contributed by atoms with van der Waals surface area (Å²) in [5, 5.41) is 0. The first kappa shape index (κ1) is 24.9. The van der Waals surface area contributed by atoms with E-state index in [1.165, 1.54) is 12.0 Å². The molecule has 37 heavy (non-hydrogen) atoms. The van der Waals surface area contributed by atoms with Gasteiger partial charge in [0.25, 0.3) is 5.91 Å². The van der Waals surface area contributed by atoms with Crippen LogP contribution in [-0.4, -0.2) is 77.0 Å². The normalized spacial score (nSPS) is 15.1. The van der Waals surface area contributed by atoms with Gasteiger partial charge >= 0.3 is 0 Å². The summed E-state index contributed by atoms with van der Waals surface area (Å²) in [5.41, 5.74) is 9.57. The van der Waals surface area contributed by atoms with Gasteiger partial charge in [0, 0.05) is 45.0 Å². The Morgan fingerprint density at radius 3 is 2.59 bits per heavy atom. The van der Waals surface area contributed by atoms with Crippen LogP contribution in [0.25, 0.3) is 22.4 Å². The van der Waals surface area contributed by atoms with Crippen molar-refractivity contribution in [2.24, 2.45) is 5.73 Å². The van der Waals surface area contributed by atoms with Crippen LogP contribution >= 0.6 is 0 Å². The van der Waals surface area contributed by atoms with Gasteiger partial charge in [-0.2, -0.15) is 0 Å². The molecule has 4 aromatic rings. The van der Waals surface area contributed by atoms with Gasteiger partial charge in [0.1, 0.15) is 11.6 Å². The number of benzene rings is 2. The molecule has 192 valence electrons. The monoisotopic (exact) mass is 497 g/mol. The maximum Gasteiger partial charge on any atom is 0.250 e. The van der Waals surface area contributed by atoms with Crippen LogP contribution in [-0.2, 0) is 6.54 Å². The molecule has 0 radical (unpaired) electrons. The molecular weight excluding hydrogens is 462 g/mol. The van der Waals surface area contributed by atoms with Crippen molar-refractivity contribution >= 4 is 22.8 Å². The Morgan fingerprint density at radius 2 is 1.81 bits per heavy atom. The van der Waals surface area contributed by atoms with Crippen LogP contribution in [0.2, 0.25) is 0 Å². The van der Waals surface area contributed by atoms with E-state index in [1.54, 1.807) is 12.1 Å². The van der Waals surface area contributed by atoms with Crippen molar-refractivity contribution in [1.29, 1.82) is 0 Å². The predicted molar refractivity (Wildman–Crippen MR) is 149 cm³/mol. The smallest absolute Gasteiger partial charge is 0.250 e. The summed E-state index contributed by atoms with van der Waals surface area (Å²) in [5.74, 6) is 1.14. The highest BCUT2D eigenvalue weighted by Gasteiger charge is 2.16. The number of anilines is 1. The summed E-state index contributed by atoms with van der Waals surface area (Å²) in [6.45, 7) is 7.66. The average molecular weight is 498 g/mol. The highest BCUT2D eigenvalue weighted by molar-refractivity contribution is 6.04. The maximum atomic E-state index is 11.7. The summed E-state index contributed by atoms with van der Waals surface area (Å²) in [7, 11) is 2.09. The Bertz CT molecular complexity index is 1320. The van der Waals surface area contributed by atoms with Crippen LogP contribution in [0.1, 0.15) is 28.8 Å². The summed E-state index contributed by atoms with van der Waals surface area (Å²) in [6, 6.07) is 20.1. The molecule has 0 unspecified atom stereocenters. The largest absolute Gasteiger partial charge is 0.366 e. The molecule has 0 spiro atoms. The Morgan fingerprint density at radius 1 is 1.00 bits per heavy atom. The lowest BCUT2D eigenvalue weighted by Gasteiger charge is -2.23. The molecule has 0 atom stereocenters. The van der Waals surface area contributed by atoms with Gasteiger partial charge in [0.15, 0.2) is 0 Å². The molecule has 3 N–H and O–H groups in total. The second-order valence-corrected chi connectivity index (χ2v) is 9.79. The lowest BCUT2D eigenvalue weighted by Crippen LogP contribution is -2.32. The van der Waals surface area contributed by atoms with Gasteiger partial charge in [-0.15, -0.1) is 0 Å². The molecule has 2 aromatic carbocycles. The van der Waals surface area contributed by atoms with E-state index in [-0.39, 0.29) is 0 Å². The highest BCUT2D eigenvalue weighted by atomic mass is 16.1. The third-order valence-electron chi connectivity index (χ3n) is 7.09. The van der Waals surface area contributed by atoms with Gasteiger partial charge in [-0.25, -0.2) is 9.97 Å². The van der Waals surface area contributed by atoms with Crippen molar-refractivity contribution in [3.63, 3.8) is 0 Å². The number of nitrogens with one attached hydrogen (secondary N) is 1. The molecule has 8 nitrogen and oxygen atoms in total. The number of hydrogen-bond donors (Lipinski definition) is 2. The van der Waals surface area contributed by atoms with E-state index in [1.807, 2.05) is 24.4 Å². The molecule has 0 aliphatic carbocycles. The SMILES string of the molecule is CN(CCCN1CCCN(Cc2ccccc2)CC1)c1ccc(-c2nc3cccc(C(N)=O)c3[nH]2)cn1. The van der Waals surface area contributed by atoms with Crippen molar-refractivity contribution in [2.75, 3.05) is 51.2 Å². The number of nitrogens with zero attached hydrogens (tertiary/aromatic N) is 5. The second-order valence-electron chi connectivity index (χ2n) is 9.79. The maximum absolute atomic E-state index is 11.7. The average Bonchev–Trinajstić information content (AvgIpc) is 3.24. The van der Waals surface area contributed by atoms with Gasteiger partial charge in [-0.1, -0.05) is 36.4 Å². The Labute approximate surface area is 218 Å². The van der Waals surface area contributed by atoms with Crippen LogP contribution in [0.5, 0.6) is 0 Å². The van der Waals surface area contributed by atoms with Crippen molar-refractivity contribution in [3.05, 3.63) is 78.0 Å². The fourth-order valence-corrected chi connectivity index (χ4v) is 5.02. The number of carbonyl (C=O) groups excluding carboxylic acids is 1. The summed E-state index contributed by atoms with van der Waals surface area (Å²) < 4.78 is 0. The number of rotatable bonds is 9. The molecule has 1 aliphatic heterocycles. The van der Waals surface area contributed by atoms with E-state index in [4.69, 9.17) is 5.73 Å². The molecule has 0 saturated carbocycles. The lowest BCUT2D eigenvalue weighted by atomic mass is 10.2. The minimum Gasteiger partial charge on any atom is -0.366 e. The van der Waals surface area contributed by atoms with E-state index < -0.39 is 5.91 Å². The summed E-state index contributed by atoms with van der Waals surface area (Å²) in [4.78, 5) is 31.6. The zero-order chi connectivity index (χ0) is 25.6. The van der Waals surface area contributed by atoms with E-state index >= 15 is 0 Å². The van der Waals surface area contributed by atoms with E-state index in [0.717, 1.165) is 63.6 Å². The number of fused-ring (bicyclic) bond motifs is 1. The number of H-pyrrole nitrogens is 1. The Kier molecular flexibility index (Phi) is 7.77. The highest BCUT2D eigenvalue weighted by Crippen LogP contribution is 2.23. The second kappa shape index (κ2) is 11.5. The van der Waals surface area contributed by atoms with Crippen LogP contribution in [0, 0.1) is 0 Å². The molecule has 3 heterocycles. The Balaban J connectivity index is 1.11. The number of aromatic amines is 1. The molecule has 1 amide bonds. The molecule has 1 fully saturated rings. The van der Waals surface area contributed by atoms with Gasteiger partial charge in [0.2, 0.25) is 0 Å². The molecule has 1 aliphatic rings. The number of imidazole rings is 1. The van der Waals surface area contributed by atoms with E-state index in [9.17, 15) is 4.79 Å². The topological polar surface area (TPSA) is 94.4 Å². The molecule has 8 heteroatoms. The molecule has 2 aromatic heterocycles. The van der Waals surface area contributed by atoms with Crippen LogP contribution in [0.15, 0.2) is 66.9 Å². The first-order valence-corrected chi connectivity index (χ1v) is 13.0. The van der Waals surface area contributed by atoms with Gasteiger partial charge in [-0.05, 0) is 62.3 Å².